The maximum absolute atomic E-state index is 7.26. The lowest BCUT2D eigenvalue weighted by atomic mass is 9.52. The average Bonchev–Trinajstić information content (AvgIpc) is 3.20. The second-order valence-corrected chi connectivity index (χ2v) is 25.7. The largest absolute Gasteiger partial charge is 0.411 e. The second-order valence-electron chi connectivity index (χ2n) is 15.3. The molecule has 3 unspecified atom stereocenters. The molecule has 0 radical (unpaired) electrons. The Kier molecular flexibility index (Phi) is 7.32. The molecule has 4 saturated carbocycles. The molecule has 6 rings (SSSR count). The third kappa shape index (κ3) is 5.45. The molecule has 2 heterocycles. The van der Waals surface area contributed by atoms with Gasteiger partial charge in [-0.1, -0.05) is 53.1 Å². The zero-order valence-corrected chi connectivity index (χ0v) is 27.2. The monoisotopic (exact) mass is 553 g/mol. The van der Waals surface area contributed by atoms with E-state index in [-0.39, 0.29) is 10.6 Å². The van der Waals surface area contributed by atoms with E-state index in [1.807, 2.05) is 12.3 Å². The van der Waals surface area contributed by atoms with Gasteiger partial charge >= 0.3 is 0 Å². The van der Waals surface area contributed by atoms with Crippen molar-refractivity contribution >= 4 is 39.2 Å². The van der Waals surface area contributed by atoms with Crippen LogP contribution in [-0.2, 0) is 15.9 Å². The van der Waals surface area contributed by atoms with Gasteiger partial charge in [-0.15, -0.1) is 0 Å². The van der Waals surface area contributed by atoms with Gasteiger partial charge in [0, 0.05) is 44.1 Å². The summed E-state index contributed by atoms with van der Waals surface area (Å²) in [6.45, 7) is 24.7. The predicted octanol–water partition coefficient (Wildman–Crippen LogP) is 8.37. The minimum Gasteiger partial charge on any atom is -0.411 e. The highest BCUT2D eigenvalue weighted by Crippen LogP contribution is 2.59. The molecule has 38 heavy (non-hydrogen) atoms. The fourth-order valence-electron chi connectivity index (χ4n) is 7.29. The lowest BCUT2D eigenvalue weighted by Crippen LogP contribution is -2.63. The van der Waals surface area contributed by atoms with Crippen molar-refractivity contribution in [2.75, 3.05) is 11.9 Å². The van der Waals surface area contributed by atoms with Crippen LogP contribution < -0.4 is 5.32 Å². The Balaban J connectivity index is 1.35. The molecule has 4 fully saturated rings. The lowest BCUT2D eigenvalue weighted by molar-refractivity contribution is -0.120. The Hall–Kier alpha value is -1.42. The molecule has 4 aliphatic rings. The van der Waals surface area contributed by atoms with E-state index in [1.165, 1.54) is 49.2 Å². The Labute approximate surface area is 232 Å². The van der Waals surface area contributed by atoms with Crippen molar-refractivity contribution < 1.29 is 9.16 Å². The van der Waals surface area contributed by atoms with Gasteiger partial charge in [-0.05, 0) is 80.1 Å². The van der Waals surface area contributed by atoms with E-state index in [4.69, 9.17) is 14.1 Å². The van der Waals surface area contributed by atoms with Gasteiger partial charge in [0.1, 0.15) is 12.4 Å². The van der Waals surface area contributed by atoms with Crippen LogP contribution in [-0.4, -0.2) is 44.2 Å². The molecule has 210 valence electrons. The number of nitrogens with one attached hydrogen (secondary N) is 1. The first-order valence-electron chi connectivity index (χ1n) is 14.9. The average molecular weight is 554 g/mol. The van der Waals surface area contributed by atoms with Crippen LogP contribution in [0.4, 0.5) is 5.69 Å². The molecule has 4 bridgehead atoms. The number of aromatic nitrogens is 2. The third-order valence-corrected chi connectivity index (χ3v) is 16.3. The number of hydrogen-bond donors (Lipinski definition) is 1. The number of nitrogens with zero attached hydrogens (tertiary/aromatic N) is 2. The molecule has 5 atom stereocenters. The predicted molar refractivity (Wildman–Crippen MR) is 166 cm³/mol. The van der Waals surface area contributed by atoms with E-state index in [0.29, 0.717) is 24.6 Å². The molecule has 1 N–H and O–H groups in total. The molecular formula is C31H51N3O2Si2. The van der Waals surface area contributed by atoms with E-state index in [2.05, 4.69) is 82.2 Å². The fraction of sp³-hybridized carbons (Fsp3) is 0.710. The van der Waals surface area contributed by atoms with Crippen LogP contribution in [0.3, 0.4) is 0 Å². The first kappa shape index (κ1) is 28.1. The quantitative estimate of drug-likeness (QED) is 0.237. The summed E-state index contributed by atoms with van der Waals surface area (Å²) in [5, 5.41) is 5.52. The van der Waals surface area contributed by atoms with Crippen molar-refractivity contribution in [2.24, 2.45) is 17.8 Å². The molecule has 0 aliphatic heterocycles. The highest BCUT2D eigenvalue weighted by atomic mass is 28.4. The van der Waals surface area contributed by atoms with Crippen molar-refractivity contribution in [2.45, 2.75) is 115 Å². The van der Waals surface area contributed by atoms with Crippen molar-refractivity contribution in [3.05, 3.63) is 30.6 Å². The minimum atomic E-state index is -1.81. The number of pyridine rings is 1. The minimum absolute atomic E-state index is 0.100. The maximum atomic E-state index is 7.26. The molecule has 5 nitrogen and oxygen atoms in total. The highest BCUT2D eigenvalue weighted by Gasteiger charge is 2.58. The van der Waals surface area contributed by atoms with Gasteiger partial charge < -0.3 is 19.0 Å². The summed E-state index contributed by atoms with van der Waals surface area (Å²) >= 11 is 0. The van der Waals surface area contributed by atoms with Crippen LogP contribution in [0.1, 0.15) is 58.4 Å². The summed E-state index contributed by atoms with van der Waals surface area (Å²) in [7, 11) is -2.91. The van der Waals surface area contributed by atoms with E-state index in [0.717, 1.165) is 23.7 Å². The van der Waals surface area contributed by atoms with Gasteiger partial charge in [0.25, 0.3) is 0 Å². The summed E-state index contributed by atoms with van der Waals surface area (Å²) < 4.78 is 15.5. The molecule has 4 aliphatic carbocycles. The summed E-state index contributed by atoms with van der Waals surface area (Å²) in [6.07, 6.45) is 12.4. The number of anilines is 1. The van der Waals surface area contributed by atoms with Crippen LogP contribution in [0.25, 0.3) is 17.1 Å². The molecular weight excluding hydrogens is 503 g/mol. The van der Waals surface area contributed by atoms with Gasteiger partial charge in [-0.25, -0.2) is 4.98 Å². The van der Waals surface area contributed by atoms with Crippen LogP contribution in [0.5, 0.6) is 0 Å². The smallest absolute Gasteiger partial charge is 0.192 e. The highest BCUT2D eigenvalue weighted by molar-refractivity contribution is 6.76. The van der Waals surface area contributed by atoms with Crippen LogP contribution >= 0.6 is 0 Å². The van der Waals surface area contributed by atoms with E-state index in [1.54, 1.807) is 0 Å². The SMILES string of the molecule is C=Cc1cnc2c(ccn2COCC[Si](C)(C)C)c1NC1[C@@H]2CC3C[C@H]1CC(O[Si](C)(C)C(C)(C)C)(C3)C2. The van der Waals surface area contributed by atoms with Gasteiger partial charge in [-0.3, -0.25) is 0 Å². The van der Waals surface area contributed by atoms with Crippen molar-refractivity contribution in [1.29, 1.82) is 0 Å². The number of rotatable bonds is 10. The van der Waals surface area contributed by atoms with Gasteiger partial charge in [0.05, 0.1) is 11.3 Å². The summed E-state index contributed by atoms with van der Waals surface area (Å²) in [5.41, 5.74) is 3.38. The van der Waals surface area contributed by atoms with Gasteiger partial charge in [-0.2, -0.15) is 0 Å². The Morgan fingerprint density at radius 2 is 1.82 bits per heavy atom. The molecule has 7 heteroatoms. The summed E-state index contributed by atoms with van der Waals surface area (Å²) in [6, 6.07) is 3.87. The van der Waals surface area contributed by atoms with Crippen molar-refractivity contribution in [1.82, 2.24) is 9.55 Å². The van der Waals surface area contributed by atoms with Crippen LogP contribution in [0, 0.1) is 17.8 Å². The molecule has 0 aromatic carbocycles. The maximum Gasteiger partial charge on any atom is 0.192 e. The van der Waals surface area contributed by atoms with Crippen molar-refractivity contribution in [3.8, 4) is 0 Å². The van der Waals surface area contributed by atoms with Crippen molar-refractivity contribution in [3.63, 3.8) is 0 Å². The Morgan fingerprint density at radius 1 is 1.13 bits per heavy atom. The van der Waals surface area contributed by atoms with Crippen LogP contribution in [0.15, 0.2) is 25.0 Å². The molecule has 0 amide bonds. The molecule has 0 spiro atoms. The Bertz CT molecular complexity index is 1160. The molecule has 2 aromatic rings. The number of ether oxygens (including phenoxy) is 1. The standard InChI is InChI=1S/C31H51N3O2Si2/c1-10-23-20-32-29-26(11-12-34(29)21-35-13-14-37(5,6)7)28(23)33-27-24-15-22-16-25(27)19-31(17-22,18-24)36-38(8,9)30(2,3)4/h10-12,20,22,24-25,27H,1,13-19,21H2,2-9H3,(H,32,33)/t22?,24-,25+,27?,31?. The lowest BCUT2D eigenvalue weighted by Gasteiger charge is -2.62. The Morgan fingerprint density at radius 3 is 2.42 bits per heavy atom. The normalized spacial score (nSPS) is 29.3. The van der Waals surface area contributed by atoms with Crippen LogP contribution in [0.2, 0.25) is 43.8 Å². The van der Waals surface area contributed by atoms with Gasteiger partial charge in [0.15, 0.2) is 8.32 Å². The summed E-state index contributed by atoms with van der Waals surface area (Å²) in [4.78, 5) is 4.82. The second kappa shape index (κ2) is 9.89. The first-order chi connectivity index (χ1) is 17.7. The van der Waals surface area contributed by atoms with Gasteiger partial charge in [0.2, 0.25) is 0 Å². The third-order valence-electron chi connectivity index (χ3n) is 10.1. The first-order valence-corrected chi connectivity index (χ1v) is 21.5. The molecule has 2 aromatic heterocycles. The van der Waals surface area contributed by atoms with E-state index >= 15 is 0 Å². The zero-order chi connectivity index (χ0) is 27.5. The number of fused-ring (bicyclic) bond motifs is 1. The topological polar surface area (TPSA) is 48.3 Å². The molecule has 0 saturated heterocycles. The van der Waals surface area contributed by atoms with E-state index in [9.17, 15) is 0 Å². The zero-order valence-electron chi connectivity index (χ0n) is 25.2. The number of hydrogen-bond acceptors (Lipinski definition) is 4. The fourth-order valence-corrected chi connectivity index (χ4v) is 9.68. The van der Waals surface area contributed by atoms with E-state index < -0.39 is 16.4 Å². The summed E-state index contributed by atoms with van der Waals surface area (Å²) in [5.74, 6) is 2.15.